The second-order valence-corrected chi connectivity index (χ2v) is 10.4. The first-order chi connectivity index (χ1) is 21.6. The van der Waals surface area contributed by atoms with Crippen molar-refractivity contribution in [2.24, 2.45) is 38.7 Å². The van der Waals surface area contributed by atoms with Crippen molar-refractivity contribution >= 4 is 29.6 Å². The van der Waals surface area contributed by atoms with Crippen LogP contribution in [-0.4, -0.2) is 60.9 Å². The van der Waals surface area contributed by atoms with Crippen LogP contribution in [0.2, 0.25) is 0 Å². The van der Waals surface area contributed by atoms with Crippen LogP contribution in [0.4, 0.5) is 0 Å². The van der Waals surface area contributed by atoms with Gasteiger partial charge in [0.25, 0.3) is 0 Å². The number of nitrogens with zero attached hydrogens (tertiary/aromatic N) is 2. The maximum atomic E-state index is 13.7. The van der Waals surface area contributed by atoms with Crippen LogP contribution in [0.15, 0.2) is 94.9 Å². The molecule has 13 nitrogen and oxygen atoms in total. The minimum Gasteiger partial charge on any atom is -0.370 e. The first kappa shape index (κ1) is 34.1. The third kappa shape index (κ3) is 12.0. The van der Waals surface area contributed by atoms with E-state index in [1.807, 2.05) is 84.9 Å². The van der Waals surface area contributed by atoms with E-state index in [0.29, 0.717) is 6.42 Å². The summed E-state index contributed by atoms with van der Waals surface area (Å²) in [6, 6.07) is 23.8. The normalized spacial score (nSPS) is 12.6. The Hall–Kier alpha value is -5.43. The van der Waals surface area contributed by atoms with Crippen molar-refractivity contribution in [3.63, 3.8) is 0 Å². The molecule has 3 aromatic rings. The number of guanidine groups is 2. The molecule has 3 rings (SSSR count). The highest BCUT2D eigenvalue weighted by Gasteiger charge is 2.28. The Kier molecular flexibility index (Phi) is 13.3. The van der Waals surface area contributed by atoms with Gasteiger partial charge in [-0.05, 0) is 35.1 Å². The molecule has 3 aromatic carbocycles. The lowest BCUT2D eigenvalue weighted by Crippen LogP contribution is -2.56. The largest absolute Gasteiger partial charge is 0.370 e. The number of nitrogens with one attached hydrogen (secondary N) is 3. The van der Waals surface area contributed by atoms with Gasteiger partial charge in [0.15, 0.2) is 11.9 Å². The van der Waals surface area contributed by atoms with Gasteiger partial charge >= 0.3 is 0 Å². The number of aliphatic imine (C=N–C) groups is 2. The van der Waals surface area contributed by atoms with Crippen LogP contribution >= 0.6 is 0 Å². The second-order valence-electron chi connectivity index (χ2n) is 10.4. The minimum absolute atomic E-state index is 0.0674. The van der Waals surface area contributed by atoms with Gasteiger partial charge in [0, 0.05) is 19.5 Å². The number of carbonyl (C=O) groups excluding carboxylic acids is 3. The lowest BCUT2D eigenvalue weighted by Gasteiger charge is -2.24. The Bertz CT molecular complexity index is 1440. The summed E-state index contributed by atoms with van der Waals surface area (Å²) in [6.45, 7) is 0.380. The van der Waals surface area contributed by atoms with Gasteiger partial charge < -0.3 is 44.6 Å². The molecule has 0 radical (unpaired) electrons. The van der Waals surface area contributed by atoms with E-state index in [0.717, 1.165) is 22.3 Å². The van der Waals surface area contributed by atoms with Crippen molar-refractivity contribution in [2.45, 2.75) is 43.9 Å². The molecule has 0 aliphatic heterocycles. The summed E-state index contributed by atoms with van der Waals surface area (Å²) >= 11 is 0. The molecule has 0 unspecified atom stereocenters. The molecule has 0 aliphatic carbocycles. The Balaban J connectivity index is 1.79. The Morgan fingerprint density at radius 1 is 0.644 bits per heavy atom. The van der Waals surface area contributed by atoms with Gasteiger partial charge in [0.05, 0.1) is 6.54 Å². The topological polar surface area (TPSA) is 242 Å². The zero-order valence-corrected chi connectivity index (χ0v) is 25.1. The van der Waals surface area contributed by atoms with Crippen molar-refractivity contribution < 1.29 is 14.4 Å². The molecular formula is C32H42N10O3. The number of amides is 3. The number of nitrogens with two attached hydrogens (primary N) is 5. The molecule has 238 valence electrons. The van der Waals surface area contributed by atoms with E-state index in [-0.39, 0.29) is 44.4 Å². The first-order valence-corrected chi connectivity index (χ1v) is 14.6. The molecule has 0 heterocycles. The molecular weight excluding hydrogens is 572 g/mol. The zero-order chi connectivity index (χ0) is 32.6. The van der Waals surface area contributed by atoms with Gasteiger partial charge in [0.2, 0.25) is 17.7 Å². The summed E-state index contributed by atoms with van der Waals surface area (Å²) in [5.74, 6) is -1.86. The molecule has 0 aromatic heterocycles. The predicted molar refractivity (Wildman–Crippen MR) is 176 cm³/mol. The number of carbonyl (C=O) groups is 3. The highest BCUT2D eigenvalue weighted by Crippen LogP contribution is 2.20. The summed E-state index contributed by atoms with van der Waals surface area (Å²) < 4.78 is 0. The van der Waals surface area contributed by atoms with E-state index in [4.69, 9.17) is 28.7 Å². The predicted octanol–water partition coefficient (Wildman–Crippen LogP) is -0.164. The quantitative estimate of drug-likeness (QED) is 0.0610. The van der Waals surface area contributed by atoms with Crippen LogP contribution in [0, 0.1) is 0 Å². The van der Waals surface area contributed by atoms with Gasteiger partial charge in [-0.3, -0.25) is 24.4 Å². The first-order valence-electron chi connectivity index (χ1n) is 14.6. The summed E-state index contributed by atoms with van der Waals surface area (Å²) in [4.78, 5) is 47.7. The fourth-order valence-corrected chi connectivity index (χ4v) is 4.43. The minimum atomic E-state index is -1.10. The lowest BCUT2D eigenvalue weighted by atomic mass is 9.99. The fraction of sp³-hybridized carbons (Fsp3) is 0.281. The monoisotopic (exact) mass is 614 g/mol. The number of hydrogen-bond donors (Lipinski definition) is 8. The van der Waals surface area contributed by atoms with E-state index < -0.39 is 35.8 Å². The highest BCUT2D eigenvalue weighted by molar-refractivity contribution is 5.93. The molecule has 0 fully saturated rings. The molecule has 0 saturated heterocycles. The number of benzene rings is 3. The average molecular weight is 615 g/mol. The SMILES string of the molecule is NC(N)=NCCC[C@H](NC(=O)[C@H](Cc1ccc(-c2ccccc2)cc1)NC(=O)[C@@H](N)CN=C(N)N)C(=O)NCc1ccccc1. The lowest BCUT2D eigenvalue weighted by molar-refractivity contribution is -0.132. The Morgan fingerprint density at radius 3 is 1.84 bits per heavy atom. The van der Waals surface area contributed by atoms with Crippen LogP contribution in [0.3, 0.4) is 0 Å². The third-order valence-corrected chi connectivity index (χ3v) is 6.83. The van der Waals surface area contributed by atoms with Crippen LogP contribution < -0.4 is 44.6 Å². The van der Waals surface area contributed by atoms with Crippen LogP contribution in [-0.2, 0) is 27.3 Å². The third-order valence-electron chi connectivity index (χ3n) is 6.83. The van der Waals surface area contributed by atoms with E-state index in [2.05, 4.69) is 25.9 Å². The van der Waals surface area contributed by atoms with Crippen molar-refractivity contribution in [3.05, 3.63) is 96.1 Å². The van der Waals surface area contributed by atoms with Gasteiger partial charge in [-0.1, -0.05) is 84.9 Å². The van der Waals surface area contributed by atoms with Gasteiger partial charge in [-0.2, -0.15) is 0 Å². The van der Waals surface area contributed by atoms with Gasteiger partial charge in [-0.15, -0.1) is 0 Å². The number of rotatable bonds is 16. The maximum Gasteiger partial charge on any atom is 0.243 e. The highest BCUT2D eigenvalue weighted by atomic mass is 16.2. The Morgan fingerprint density at radius 2 is 1.22 bits per heavy atom. The van der Waals surface area contributed by atoms with Crippen molar-refractivity contribution in [1.29, 1.82) is 0 Å². The fourth-order valence-electron chi connectivity index (χ4n) is 4.43. The van der Waals surface area contributed by atoms with Crippen LogP contribution in [0.25, 0.3) is 11.1 Å². The average Bonchev–Trinajstić information content (AvgIpc) is 3.04. The summed E-state index contributed by atoms with van der Waals surface area (Å²) in [5.41, 5.74) is 31.3. The van der Waals surface area contributed by atoms with Gasteiger partial charge in [0.1, 0.15) is 18.1 Å². The second kappa shape index (κ2) is 17.6. The zero-order valence-electron chi connectivity index (χ0n) is 25.1. The van der Waals surface area contributed by atoms with Crippen molar-refractivity contribution in [1.82, 2.24) is 16.0 Å². The van der Waals surface area contributed by atoms with E-state index in [1.54, 1.807) is 0 Å². The smallest absolute Gasteiger partial charge is 0.243 e. The standard InChI is InChI=1S/C32H42N10O3/c33-25(20-40-32(36)37)28(43)42-27(18-21-13-15-24(16-14-21)23-10-5-2-6-11-23)30(45)41-26(12-7-17-38-31(34)35)29(44)39-19-22-8-3-1-4-9-22/h1-6,8-11,13-16,25-27H,7,12,17-20,33H2,(H,39,44)(H,41,45)(H,42,43)(H4,34,35,38)(H4,36,37,40)/t25-,26-,27-/m0/s1. The molecule has 13 heteroatoms. The molecule has 3 amide bonds. The van der Waals surface area contributed by atoms with E-state index in [9.17, 15) is 14.4 Å². The Labute approximate surface area is 262 Å². The van der Waals surface area contributed by atoms with E-state index >= 15 is 0 Å². The van der Waals surface area contributed by atoms with E-state index in [1.165, 1.54) is 0 Å². The summed E-state index contributed by atoms with van der Waals surface area (Å²) in [6.07, 6.45) is 0.802. The van der Waals surface area contributed by atoms with Crippen LogP contribution in [0.5, 0.6) is 0 Å². The number of hydrogen-bond acceptors (Lipinski definition) is 6. The molecule has 0 saturated carbocycles. The van der Waals surface area contributed by atoms with Crippen molar-refractivity contribution in [2.75, 3.05) is 13.1 Å². The molecule has 0 spiro atoms. The summed E-state index contributed by atoms with van der Waals surface area (Å²) in [5, 5.41) is 8.38. The van der Waals surface area contributed by atoms with Crippen LogP contribution in [0.1, 0.15) is 24.0 Å². The van der Waals surface area contributed by atoms with Crippen molar-refractivity contribution in [3.8, 4) is 11.1 Å². The molecule has 13 N–H and O–H groups in total. The molecule has 0 aliphatic rings. The summed E-state index contributed by atoms with van der Waals surface area (Å²) in [7, 11) is 0. The van der Waals surface area contributed by atoms with Gasteiger partial charge in [-0.25, -0.2) is 0 Å². The maximum absolute atomic E-state index is 13.7. The molecule has 3 atom stereocenters. The molecule has 0 bridgehead atoms. The molecule has 45 heavy (non-hydrogen) atoms.